The highest BCUT2D eigenvalue weighted by Crippen LogP contribution is 2.47. The minimum Gasteiger partial charge on any atom is -0.375 e. The lowest BCUT2D eigenvalue weighted by molar-refractivity contribution is -0.147. The van der Waals surface area contributed by atoms with Crippen molar-refractivity contribution in [3.8, 4) is 0 Å². The van der Waals surface area contributed by atoms with Gasteiger partial charge in [0.2, 0.25) is 0 Å². The topological polar surface area (TPSA) is 21.3 Å². The summed E-state index contributed by atoms with van der Waals surface area (Å²) >= 11 is 1.91. The van der Waals surface area contributed by atoms with Gasteiger partial charge in [-0.05, 0) is 68.5 Å². The molecular formula is C18H27NOS. The summed E-state index contributed by atoms with van der Waals surface area (Å²) in [5, 5.41) is 3.56. The van der Waals surface area contributed by atoms with Crippen LogP contribution < -0.4 is 5.32 Å². The molecule has 3 heteroatoms. The van der Waals surface area contributed by atoms with E-state index in [-0.39, 0.29) is 5.60 Å². The monoisotopic (exact) mass is 305 g/mol. The van der Waals surface area contributed by atoms with E-state index in [1.165, 1.54) is 42.6 Å². The lowest BCUT2D eigenvalue weighted by Crippen LogP contribution is -2.47. The Hall–Kier alpha value is -0.510. The molecule has 1 aliphatic heterocycles. The first kappa shape index (κ1) is 15.4. The fourth-order valence-corrected chi connectivity index (χ4v) is 4.54. The van der Waals surface area contributed by atoms with E-state index in [1.54, 1.807) is 0 Å². The Kier molecular flexibility index (Phi) is 4.92. The predicted octanol–water partition coefficient (Wildman–Crippen LogP) is 4.41. The minimum atomic E-state index is 0.232. The van der Waals surface area contributed by atoms with E-state index < -0.39 is 0 Å². The molecule has 2 aliphatic rings. The van der Waals surface area contributed by atoms with Gasteiger partial charge >= 0.3 is 0 Å². The fourth-order valence-electron chi connectivity index (χ4n) is 3.88. The third-order valence-corrected chi connectivity index (χ3v) is 6.02. The molecule has 2 atom stereocenters. The summed E-state index contributed by atoms with van der Waals surface area (Å²) in [6.07, 6.45) is 6.29. The van der Waals surface area contributed by atoms with Crippen LogP contribution in [0.25, 0.3) is 0 Å². The Bertz CT molecular complexity index is 455. The number of thioether (sulfide) groups is 1. The van der Waals surface area contributed by atoms with Crippen LogP contribution in [0.5, 0.6) is 0 Å². The molecule has 1 N–H and O–H groups in total. The van der Waals surface area contributed by atoms with Crippen LogP contribution in [0.4, 0.5) is 0 Å². The van der Waals surface area contributed by atoms with Gasteiger partial charge in [-0.3, -0.25) is 0 Å². The van der Waals surface area contributed by atoms with E-state index in [2.05, 4.69) is 43.6 Å². The molecule has 116 valence electrons. The summed E-state index contributed by atoms with van der Waals surface area (Å²) in [5.41, 5.74) is 1.66. The standard InChI is InChI=1S/C18H27NOS/c1-3-21-16-7-5-14(6-8-16)17(19-2)15-9-12-20-18(13-15)10-4-11-18/h5-8,15,17,19H,3-4,9-13H2,1-2H3. The van der Waals surface area contributed by atoms with Crippen molar-refractivity contribution in [3.05, 3.63) is 29.8 Å². The lowest BCUT2D eigenvalue weighted by Gasteiger charge is -2.48. The minimum absolute atomic E-state index is 0.232. The molecule has 1 saturated heterocycles. The molecule has 1 aromatic rings. The van der Waals surface area contributed by atoms with E-state index in [1.807, 2.05) is 11.8 Å². The van der Waals surface area contributed by atoms with Gasteiger partial charge in [0.15, 0.2) is 0 Å². The maximum Gasteiger partial charge on any atom is 0.0686 e. The Morgan fingerprint density at radius 3 is 2.67 bits per heavy atom. The number of ether oxygens (including phenoxy) is 1. The van der Waals surface area contributed by atoms with Crippen LogP contribution in [0.1, 0.15) is 50.6 Å². The van der Waals surface area contributed by atoms with Gasteiger partial charge in [0.25, 0.3) is 0 Å². The van der Waals surface area contributed by atoms with E-state index in [9.17, 15) is 0 Å². The van der Waals surface area contributed by atoms with Crippen molar-refractivity contribution in [1.29, 1.82) is 0 Å². The first-order chi connectivity index (χ1) is 10.3. The smallest absolute Gasteiger partial charge is 0.0686 e. The van der Waals surface area contributed by atoms with Crippen LogP contribution in [0.15, 0.2) is 29.2 Å². The maximum absolute atomic E-state index is 6.08. The van der Waals surface area contributed by atoms with Gasteiger partial charge in [0, 0.05) is 17.5 Å². The quantitative estimate of drug-likeness (QED) is 0.814. The van der Waals surface area contributed by atoms with Crippen molar-refractivity contribution in [3.63, 3.8) is 0 Å². The fraction of sp³-hybridized carbons (Fsp3) is 0.667. The summed E-state index contributed by atoms with van der Waals surface area (Å²) in [6.45, 7) is 3.14. The Morgan fingerprint density at radius 2 is 2.10 bits per heavy atom. The normalized spacial score (nSPS) is 25.5. The first-order valence-electron chi connectivity index (χ1n) is 8.30. The highest BCUT2D eigenvalue weighted by molar-refractivity contribution is 7.99. The molecule has 2 nitrogen and oxygen atoms in total. The van der Waals surface area contributed by atoms with Crippen molar-refractivity contribution in [2.75, 3.05) is 19.4 Å². The van der Waals surface area contributed by atoms with Crippen LogP contribution in [0, 0.1) is 5.92 Å². The summed E-state index contributed by atoms with van der Waals surface area (Å²) in [4.78, 5) is 1.37. The third-order valence-electron chi connectivity index (χ3n) is 5.13. The molecule has 1 saturated carbocycles. The number of nitrogens with one attached hydrogen (secondary N) is 1. The number of rotatable bonds is 5. The molecule has 1 spiro atoms. The average Bonchev–Trinajstić information content (AvgIpc) is 2.49. The highest BCUT2D eigenvalue weighted by atomic mass is 32.2. The van der Waals surface area contributed by atoms with Gasteiger partial charge in [-0.2, -0.15) is 0 Å². The summed E-state index contributed by atoms with van der Waals surface area (Å²) in [7, 11) is 2.10. The molecule has 2 unspecified atom stereocenters. The zero-order chi connectivity index (χ0) is 14.7. The number of hydrogen-bond donors (Lipinski definition) is 1. The van der Waals surface area contributed by atoms with E-state index >= 15 is 0 Å². The van der Waals surface area contributed by atoms with Gasteiger partial charge in [0.05, 0.1) is 5.60 Å². The van der Waals surface area contributed by atoms with Gasteiger partial charge in [-0.25, -0.2) is 0 Å². The second-order valence-corrected chi connectivity index (χ2v) is 7.74. The lowest BCUT2D eigenvalue weighted by atomic mass is 9.69. The molecular weight excluding hydrogens is 278 g/mol. The predicted molar refractivity (Wildman–Crippen MR) is 89.9 cm³/mol. The molecule has 1 aliphatic carbocycles. The van der Waals surface area contributed by atoms with E-state index in [4.69, 9.17) is 4.74 Å². The number of benzene rings is 1. The average molecular weight is 305 g/mol. The Labute approximate surface area is 133 Å². The van der Waals surface area contributed by atoms with Crippen LogP contribution in [0.2, 0.25) is 0 Å². The van der Waals surface area contributed by atoms with Crippen molar-refractivity contribution >= 4 is 11.8 Å². The molecule has 0 aromatic heterocycles. The largest absolute Gasteiger partial charge is 0.375 e. The molecule has 1 aromatic carbocycles. The molecule has 1 heterocycles. The SMILES string of the molecule is CCSc1ccc(C(NC)C2CCOC3(CCC3)C2)cc1. The zero-order valence-electron chi connectivity index (χ0n) is 13.2. The molecule has 0 amide bonds. The van der Waals surface area contributed by atoms with Crippen molar-refractivity contribution < 1.29 is 4.74 Å². The van der Waals surface area contributed by atoms with E-state index in [0.717, 1.165) is 12.4 Å². The maximum atomic E-state index is 6.08. The summed E-state index contributed by atoms with van der Waals surface area (Å²) in [6, 6.07) is 9.62. The van der Waals surface area contributed by atoms with Gasteiger partial charge < -0.3 is 10.1 Å². The van der Waals surface area contributed by atoms with Crippen LogP contribution in [-0.4, -0.2) is 25.0 Å². The molecule has 0 bridgehead atoms. The van der Waals surface area contributed by atoms with Gasteiger partial charge in [-0.15, -0.1) is 11.8 Å². The van der Waals surface area contributed by atoms with E-state index in [0.29, 0.717) is 12.0 Å². The van der Waals surface area contributed by atoms with Gasteiger partial charge in [-0.1, -0.05) is 19.1 Å². The van der Waals surface area contributed by atoms with Crippen molar-refractivity contribution in [2.45, 2.75) is 55.6 Å². The summed E-state index contributed by atoms with van der Waals surface area (Å²) in [5.74, 6) is 1.84. The second kappa shape index (κ2) is 6.72. The molecule has 21 heavy (non-hydrogen) atoms. The van der Waals surface area contributed by atoms with Crippen LogP contribution >= 0.6 is 11.8 Å². The zero-order valence-corrected chi connectivity index (χ0v) is 14.0. The van der Waals surface area contributed by atoms with Crippen molar-refractivity contribution in [2.24, 2.45) is 5.92 Å². The summed E-state index contributed by atoms with van der Waals surface area (Å²) < 4.78 is 6.08. The Balaban J connectivity index is 1.71. The second-order valence-electron chi connectivity index (χ2n) is 6.41. The molecule has 2 fully saturated rings. The Morgan fingerprint density at radius 1 is 1.33 bits per heavy atom. The van der Waals surface area contributed by atoms with Crippen LogP contribution in [-0.2, 0) is 4.74 Å². The van der Waals surface area contributed by atoms with Gasteiger partial charge in [0.1, 0.15) is 0 Å². The van der Waals surface area contributed by atoms with Crippen LogP contribution in [0.3, 0.4) is 0 Å². The number of hydrogen-bond acceptors (Lipinski definition) is 3. The molecule has 0 radical (unpaired) electrons. The highest BCUT2D eigenvalue weighted by Gasteiger charge is 2.44. The third kappa shape index (κ3) is 3.30. The molecule has 3 rings (SSSR count). The van der Waals surface area contributed by atoms with Crippen molar-refractivity contribution in [1.82, 2.24) is 5.32 Å². The first-order valence-corrected chi connectivity index (χ1v) is 9.29.